The van der Waals surface area contributed by atoms with Gasteiger partial charge >= 0.3 is 18.3 Å². The Bertz CT molecular complexity index is 834. The van der Waals surface area contributed by atoms with Crippen molar-refractivity contribution in [2.24, 2.45) is 7.05 Å². The van der Waals surface area contributed by atoms with Crippen LogP contribution in [0, 0.1) is 0 Å². The van der Waals surface area contributed by atoms with Gasteiger partial charge in [-0.25, -0.2) is 9.59 Å². The van der Waals surface area contributed by atoms with Gasteiger partial charge in [-0.05, 0) is 28.1 Å². The number of alkyl carbamates (subject to hydrolysis) is 1. The second-order valence-electron chi connectivity index (χ2n) is 5.25. The Morgan fingerprint density at radius 1 is 1.26 bits per heavy atom. The predicted octanol–water partition coefficient (Wildman–Crippen LogP) is 3.70. The molecule has 0 radical (unpaired) electrons. The van der Waals surface area contributed by atoms with Gasteiger partial charge < -0.3 is 15.4 Å². The highest BCUT2D eigenvalue weighted by Gasteiger charge is 2.34. The zero-order valence-electron chi connectivity index (χ0n) is 14.1. The maximum atomic E-state index is 13.3. The molecule has 27 heavy (non-hydrogen) atoms. The normalized spacial score (nSPS) is 11.0. The number of nitrogens with zero attached hydrogens (tertiary/aromatic N) is 2. The Labute approximate surface area is 160 Å². The van der Waals surface area contributed by atoms with Crippen molar-refractivity contribution in [2.75, 3.05) is 17.7 Å². The summed E-state index contributed by atoms with van der Waals surface area (Å²) in [5.74, 6) is 0.216. The molecule has 1 aromatic carbocycles. The number of urea groups is 1. The fourth-order valence-corrected chi connectivity index (χ4v) is 2.34. The molecule has 0 unspecified atom stereocenters. The van der Waals surface area contributed by atoms with Gasteiger partial charge in [0.25, 0.3) is 0 Å². The third-order valence-electron chi connectivity index (χ3n) is 3.30. The number of hydrogen-bond donors (Lipinski definition) is 3. The summed E-state index contributed by atoms with van der Waals surface area (Å²) < 4.78 is 46.5. The van der Waals surface area contributed by atoms with Crippen molar-refractivity contribution in [3.63, 3.8) is 0 Å². The van der Waals surface area contributed by atoms with E-state index in [1.165, 1.54) is 23.9 Å². The number of halogens is 4. The predicted molar refractivity (Wildman–Crippen MR) is 94.2 cm³/mol. The lowest BCUT2D eigenvalue weighted by Crippen LogP contribution is -2.21. The van der Waals surface area contributed by atoms with E-state index in [1.54, 1.807) is 7.05 Å². The quantitative estimate of drug-likeness (QED) is 0.662. The van der Waals surface area contributed by atoms with Crippen LogP contribution < -0.4 is 16.0 Å². The highest BCUT2D eigenvalue weighted by molar-refractivity contribution is 9.10. The molecule has 1 heterocycles. The summed E-state index contributed by atoms with van der Waals surface area (Å²) in [6, 6.07) is 3.92. The molecule has 0 saturated carbocycles. The van der Waals surface area contributed by atoms with Crippen molar-refractivity contribution in [2.45, 2.75) is 12.8 Å². The molecule has 0 saturated heterocycles. The summed E-state index contributed by atoms with van der Waals surface area (Å²) in [6.07, 6.45) is -5.55. The standard InChI is InChI=1S/C15H15BrF3N5O3/c1-20-14(26)27-7-8-3-4-9(5-10(8)15(17,18)19)21-13(25)22-12-6-11(16)24(2)23-12/h3-6H,7H2,1-2H3,(H,20,26)(H2,21,22,23,25). The first-order chi connectivity index (χ1) is 12.6. The molecule has 0 atom stereocenters. The van der Waals surface area contributed by atoms with E-state index in [-0.39, 0.29) is 17.1 Å². The zero-order chi connectivity index (χ0) is 20.2. The minimum atomic E-state index is -4.69. The number of carbonyl (C=O) groups excluding carboxylic acids is 2. The number of anilines is 2. The number of carbonyl (C=O) groups is 2. The van der Waals surface area contributed by atoms with Gasteiger partial charge in [-0.3, -0.25) is 10.00 Å². The monoisotopic (exact) mass is 449 g/mol. The molecule has 3 amide bonds. The molecule has 0 aliphatic heterocycles. The molecule has 2 aromatic rings. The molecular formula is C15H15BrF3N5O3. The Balaban J connectivity index is 2.14. The van der Waals surface area contributed by atoms with Crippen LogP contribution in [0.4, 0.5) is 34.3 Å². The molecule has 0 aliphatic rings. The average molecular weight is 450 g/mol. The lowest BCUT2D eigenvalue weighted by atomic mass is 10.1. The van der Waals surface area contributed by atoms with Crippen LogP contribution in [-0.2, 0) is 24.6 Å². The van der Waals surface area contributed by atoms with Crippen LogP contribution in [0.2, 0.25) is 0 Å². The highest BCUT2D eigenvalue weighted by Crippen LogP contribution is 2.34. The Kier molecular flexibility index (Phi) is 6.31. The van der Waals surface area contributed by atoms with Crippen LogP contribution in [0.5, 0.6) is 0 Å². The first-order valence-corrected chi connectivity index (χ1v) is 8.21. The first-order valence-electron chi connectivity index (χ1n) is 7.42. The molecule has 12 heteroatoms. The van der Waals surface area contributed by atoms with Gasteiger partial charge in [-0.2, -0.15) is 18.3 Å². The summed E-state index contributed by atoms with van der Waals surface area (Å²) in [4.78, 5) is 23.0. The lowest BCUT2D eigenvalue weighted by Gasteiger charge is -2.15. The Hall–Kier alpha value is -2.76. The molecule has 146 valence electrons. The summed E-state index contributed by atoms with van der Waals surface area (Å²) in [6.45, 7) is -0.567. The second-order valence-corrected chi connectivity index (χ2v) is 6.06. The largest absolute Gasteiger partial charge is 0.445 e. The topological polar surface area (TPSA) is 97.3 Å². The SMILES string of the molecule is CNC(=O)OCc1ccc(NC(=O)Nc2cc(Br)n(C)n2)cc1C(F)(F)F. The number of amides is 3. The van der Waals surface area contributed by atoms with Crippen LogP contribution in [-0.4, -0.2) is 29.0 Å². The number of aromatic nitrogens is 2. The fraction of sp³-hybridized carbons (Fsp3) is 0.267. The van der Waals surface area contributed by atoms with E-state index in [4.69, 9.17) is 0 Å². The minimum absolute atomic E-state index is 0.0847. The highest BCUT2D eigenvalue weighted by atomic mass is 79.9. The summed E-state index contributed by atoms with van der Waals surface area (Å²) >= 11 is 3.21. The van der Waals surface area contributed by atoms with Crippen LogP contribution in [0.25, 0.3) is 0 Å². The van der Waals surface area contributed by atoms with Gasteiger partial charge in [-0.15, -0.1) is 0 Å². The molecule has 1 aromatic heterocycles. The van der Waals surface area contributed by atoms with Gasteiger partial charge in [-0.1, -0.05) is 6.07 Å². The van der Waals surface area contributed by atoms with Crippen LogP contribution >= 0.6 is 15.9 Å². The average Bonchev–Trinajstić information content (AvgIpc) is 2.89. The van der Waals surface area contributed by atoms with Gasteiger partial charge in [0.05, 0.1) is 5.56 Å². The minimum Gasteiger partial charge on any atom is -0.445 e. The van der Waals surface area contributed by atoms with Crippen molar-refractivity contribution < 1.29 is 27.5 Å². The van der Waals surface area contributed by atoms with Crippen molar-refractivity contribution in [3.8, 4) is 0 Å². The molecular weight excluding hydrogens is 435 g/mol. The maximum Gasteiger partial charge on any atom is 0.416 e. The molecule has 8 nitrogen and oxygen atoms in total. The molecule has 3 N–H and O–H groups in total. The van der Waals surface area contributed by atoms with E-state index in [1.807, 2.05) is 0 Å². The Morgan fingerprint density at radius 2 is 1.96 bits per heavy atom. The lowest BCUT2D eigenvalue weighted by molar-refractivity contribution is -0.138. The number of nitrogens with one attached hydrogen (secondary N) is 3. The van der Waals surface area contributed by atoms with E-state index in [0.717, 1.165) is 12.1 Å². The van der Waals surface area contributed by atoms with Gasteiger partial charge in [0.15, 0.2) is 5.82 Å². The van der Waals surface area contributed by atoms with Crippen molar-refractivity contribution in [3.05, 3.63) is 40.0 Å². The Morgan fingerprint density at radius 3 is 2.52 bits per heavy atom. The molecule has 2 rings (SSSR count). The number of hydrogen-bond acceptors (Lipinski definition) is 4. The van der Waals surface area contributed by atoms with E-state index in [2.05, 4.69) is 41.7 Å². The molecule has 0 bridgehead atoms. The van der Waals surface area contributed by atoms with Crippen LogP contribution in [0.1, 0.15) is 11.1 Å². The van der Waals surface area contributed by atoms with Gasteiger partial charge in [0.2, 0.25) is 0 Å². The summed E-state index contributed by atoms with van der Waals surface area (Å²) in [5.41, 5.74) is -1.35. The first kappa shape index (κ1) is 20.6. The second kappa shape index (κ2) is 8.29. The summed E-state index contributed by atoms with van der Waals surface area (Å²) in [5, 5.41) is 10.8. The third kappa shape index (κ3) is 5.61. The van der Waals surface area contributed by atoms with Gasteiger partial charge in [0.1, 0.15) is 11.2 Å². The van der Waals surface area contributed by atoms with Crippen molar-refractivity contribution >= 4 is 39.6 Å². The van der Waals surface area contributed by atoms with E-state index in [9.17, 15) is 22.8 Å². The smallest absolute Gasteiger partial charge is 0.416 e. The van der Waals surface area contributed by atoms with E-state index < -0.39 is 30.5 Å². The number of aryl methyl sites for hydroxylation is 1. The number of benzene rings is 1. The van der Waals surface area contributed by atoms with E-state index in [0.29, 0.717) is 4.60 Å². The van der Waals surface area contributed by atoms with E-state index >= 15 is 0 Å². The number of rotatable bonds is 4. The zero-order valence-corrected chi connectivity index (χ0v) is 15.7. The molecule has 0 aliphatic carbocycles. The van der Waals surface area contributed by atoms with Crippen molar-refractivity contribution in [1.29, 1.82) is 0 Å². The fourth-order valence-electron chi connectivity index (χ4n) is 2.04. The molecule has 0 spiro atoms. The summed E-state index contributed by atoms with van der Waals surface area (Å²) in [7, 11) is 2.93. The maximum absolute atomic E-state index is 13.3. The van der Waals surface area contributed by atoms with Crippen LogP contribution in [0.3, 0.4) is 0 Å². The van der Waals surface area contributed by atoms with Gasteiger partial charge in [0, 0.05) is 31.4 Å². The van der Waals surface area contributed by atoms with Crippen LogP contribution in [0.15, 0.2) is 28.9 Å². The van der Waals surface area contributed by atoms with Crippen molar-refractivity contribution in [1.82, 2.24) is 15.1 Å². The molecule has 0 fully saturated rings. The third-order valence-corrected chi connectivity index (χ3v) is 4.04. The number of alkyl halides is 3. The number of ether oxygens (including phenoxy) is 1.